The molecular formula is C18H30N2OS. The Morgan fingerprint density at radius 2 is 1.68 bits per heavy atom. The molecule has 0 N–H and O–H groups in total. The molecule has 0 radical (unpaired) electrons. The van der Waals surface area contributed by atoms with Gasteiger partial charge in [0.1, 0.15) is 0 Å². The Kier molecular flexibility index (Phi) is 15.3. The molecule has 22 heavy (non-hydrogen) atoms. The molecule has 0 fully saturated rings. The van der Waals surface area contributed by atoms with E-state index in [0.717, 1.165) is 12.2 Å². The summed E-state index contributed by atoms with van der Waals surface area (Å²) in [5, 5.41) is 8.15. The molecule has 0 bridgehead atoms. The molecule has 1 aromatic rings. The Hall–Kier alpha value is -1.18. The lowest BCUT2D eigenvalue weighted by molar-refractivity contribution is 0.270. The summed E-state index contributed by atoms with van der Waals surface area (Å²) in [6, 6.07) is 10.3. The monoisotopic (exact) mass is 322 g/mol. The van der Waals surface area contributed by atoms with E-state index in [2.05, 4.69) is 42.0 Å². The smallest absolute Gasteiger partial charge is 0.299 e. The Morgan fingerprint density at radius 3 is 2.14 bits per heavy atom. The van der Waals surface area contributed by atoms with Gasteiger partial charge in [-0.05, 0) is 52.2 Å². The fourth-order valence-corrected chi connectivity index (χ4v) is 2.52. The number of hydrogen-bond donors (Lipinski definition) is 0. The zero-order chi connectivity index (χ0) is 16.5. The van der Waals surface area contributed by atoms with Gasteiger partial charge in [-0.15, -0.1) is 5.26 Å². The third kappa shape index (κ3) is 13.8. The van der Waals surface area contributed by atoms with E-state index >= 15 is 0 Å². The van der Waals surface area contributed by atoms with Crippen LogP contribution in [0, 0.1) is 18.4 Å². The molecule has 0 spiro atoms. The van der Waals surface area contributed by atoms with Gasteiger partial charge in [-0.3, -0.25) is 0 Å². The summed E-state index contributed by atoms with van der Waals surface area (Å²) in [5.74, 6) is 0.916. The topological polar surface area (TPSA) is 36.3 Å². The molecule has 1 aromatic carbocycles. The molecule has 124 valence electrons. The first kappa shape index (κ1) is 20.8. The first-order chi connectivity index (χ1) is 10.7. The maximum Gasteiger partial charge on any atom is 0.299 e. The van der Waals surface area contributed by atoms with Gasteiger partial charge in [0.2, 0.25) is 0 Å². The van der Waals surface area contributed by atoms with Gasteiger partial charge >= 0.3 is 0 Å². The summed E-state index contributed by atoms with van der Waals surface area (Å²) < 4.78 is 4.54. The quantitative estimate of drug-likeness (QED) is 0.344. The predicted molar refractivity (Wildman–Crippen MR) is 96.6 cm³/mol. The van der Waals surface area contributed by atoms with Crippen LogP contribution >= 0.6 is 12.0 Å². The maximum absolute atomic E-state index is 8.15. The molecule has 0 aromatic heterocycles. The highest BCUT2D eigenvalue weighted by Crippen LogP contribution is 2.06. The predicted octanol–water partition coefficient (Wildman–Crippen LogP) is 5.03. The van der Waals surface area contributed by atoms with Crippen LogP contribution in [0.3, 0.4) is 0 Å². The number of unbranched alkanes of at least 4 members (excludes halogenated alkanes) is 1. The van der Waals surface area contributed by atoms with Crippen molar-refractivity contribution < 1.29 is 4.18 Å². The van der Waals surface area contributed by atoms with E-state index in [1.54, 1.807) is 6.26 Å². The number of rotatable bonds is 10. The van der Waals surface area contributed by atoms with E-state index in [-0.39, 0.29) is 0 Å². The highest BCUT2D eigenvalue weighted by Gasteiger charge is 2.01. The highest BCUT2D eigenvalue weighted by atomic mass is 32.2. The third-order valence-corrected chi connectivity index (χ3v) is 3.72. The second kappa shape index (κ2) is 16.2. The summed E-state index contributed by atoms with van der Waals surface area (Å²) in [4.78, 5) is 2.51. The van der Waals surface area contributed by atoms with E-state index in [4.69, 9.17) is 5.26 Å². The molecule has 0 aliphatic rings. The van der Waals surface area contributed by atoms with Crippen molar-refractivity contribution in [3.8, 4) is 6.26 Å². The van der Waals surface area contributed by atoms with Gasteiger partial charge in [-0.2, -0.15) is 0 Å². The van der Waals surface area contributed by atoms with Gasteiger partial charge in [-0.25, -0.2) is 0 Å². The molecule has 0 saturated carbocycles. The Balaban J connectivity index is 0.000000518. The Labute approximate surface area is 140 Å². The molecule has 0 heterocycles. The molecule has 0 amide bonds. The van der Waals surface area contributed by atoms with Crippen LogP contribution in [0.2, 0.25) is 0 Å². The highest BCUT2D eigenvalue weighted by molar-refractivity contribution is 7.94. The zero-order valence-electron chi connectivity index (χ0n) is 14.3. The fourth-order valence-electron chi connectivity index (χ4n) is 2.07. The summed E-state index contributed by atoms with van der Waals surface area (Å²) in [6.07, 6.45) is 6.43. The number of nitrogens with zero attached hydrogens (tertiary/aromatic N) is 2. The number of nitriles is 1. The fraction of sp³-hybridized carbons (Fsp3) is 0.611. The molecule has 1 rings (SSSR count). The molecular weight excluding hydrogens is 292 g/mol. The van der Waals surface area contributed by atoms with E-state index in [1.165, 1.54) is 56.5 Å². The van der Waals surface area contributed by atoms with Crippen molar-refractivity contribution in [2.75, 3.05) is 25.4 Å². The lowest BCUT2D eigenvalue weighted by atomic mass is 10.2. The van der Waals surface area contributed by atoms with Crippen molar-refractivity contribution in [2.45, 2.75) is 46.5 Å². The first-order valence-electron chi connectivity index (χ1n) is 8.16. The van der Waals surface area contributed by atoms with E-state index < -0.39 is 0 Å². The molecule has 0 atom stereocenters. The van der Waals surface area contributed by atoms with Crippen molar-refractivity contribution in [1.29, 1.82) is 5.26 Å². The minimum Gasteiger partial charge on any atom is -0.352 e. The first-order valence-corrected chi connectivity index (χ1v) is 9.07. The van der Waals surface area contributed by atoms with Crippen molar-refractivity contribution in [1.82, 2.24) is 4.90 Å². The average Bonchev–Trinajstić information content (AvgIpc) is 2.52. The van der Waals surface area contributed by atoms with Crippen molar-refractivity contribution >= 4 is 12.0 Å². The molecule has 0 unspecified atom stereocenters. The van der Waals surface area contributed by atoms with E-state index in [0.29, 0.717) is 0 Å². The molecule has 0 aliphatic heterocycles. The van der Waals surface area contributed by atoms with Crippen LogP contribution in [0.1, 0.15) is 45.1 Å². The van der Waals surface area contributed by atoms with Gasteiger partial charge in [0, 0.05) is 5.75 Å². The largest absolute Gasteiger partial charge is 0.352 e. The average molecular weight is 323 g/mol. The van der Waals surface area contributed by atoms with Gasteiger partial charge < -0.3 is 9.08 Å². The normalized spacial score (nSPS) is 9.77. The van der Waals surface area contributed by atoms with Crippen molar-refractivity contribution in [3.63, 3.8) is 0 Å². The lowest BCUT2D eigenvalue weighted by Crippen LogP contribution is -2.26. The Morgan fingerprint density at radius 1 is 1.05 bits per heavy atom. The summed E-state index contributed by atoms with van der Waals surface area (Å²) in [5.41, 5.74) is 1.32. The second-order valence-corrected chi connectivity index (χ2v) is 6.01. The number of benzene rings is 1. The standard InChI is InChI=1S/C11H22N2OS.C7H8/c1-3-7-13(8-4-2)9-5-6-10-15-14-11-12;1-7-5-3-2-4-6-7/h3-10H2,1-2H3;2-6H,1H3. The van der Waals surface area contributed by atoms with Gasteiger partial charge in [0.05, 0.1) is 12.0 Å². The van der Waals surface area contributed by atoms with E-state index in [1.807, 2.05) is 18.2 Å². The van der Waals surface area contributed by atoms with Crippen LogP contribution in [0.15, 0.2) is 30.3 Å². The molecule has 4 heteroatoms. The minimum atomic E-state index is 0.916. The SMILES string of the molecule is CCCN(CCC)CCCCSOC#N.Cc1ccccc1. The van der Waals surface area contributed by atoms with Crippen LogP contribution in [0.5, 0.6) is 0 Å². The molecule has 3 nitrogen and oxygen atoms in total. The van der Waals surface area contributed by atoms with Crippen molar-refractivity contribution in [2.24, 2.45) is 0 Å². The third-order valence-electron chi connectivity index (χ3n) is 3.07. The maximum atomic E-state index is 8.15. The second-order valence-electron chi connectivity index (χ2n) is 5.20. The zero-order valence-corrected chi connectivity index (χ0v) is 15.1. The summed E-state index contributed by atoms with van der Waals surface area (Å²) in [6.45, 7) is 10.1. The van der Waals surface area contributed by atoms with Crippen LogP contribution in [-0.2, 0) is 4.18 Å². The van der Waals surface area contributed by atoms with Gasteiger partial charge in [0.25, 0.3) is 6.26 Å². The number of aryl methyl sites for hydroxylation is 1. The molecule has 0 aliphatic carbocycles. The molecule has 0 saturated heterocycles. The van der Waals surface area contributed by atoms with Crippen LogP contribution in [0.4, 0.5) is 0 Å². The van der Waals surface area contributed by atoms with Crippen LogP contribution in [0.25, 0.3) is 0 Å². The van der Waals surface area contributed by atoms with Crippen molar-refractivity contribution in [3.05, 3.63) is 35.9 Å². The van der Waals surface area contributed by atoms with Crippen LogP contribution in [-0.4, -0.2) is 30.3 Å². The summed E-state index contributed by atoms with van der Waals surface area (Å²) >= 11 is 1.25. The number of hydrogen-bond acceptors (Lipinski definition) is 4. The lowest BCUT2D eigenvalue weighted by Gasteiger charge is -2.20. The van der Waals surface area contributed by atoms with E-state index in [9.17, 15) is 0 Å². The van der Waals surface area contributed by atoms with Gasteiger partial charge in [0.15, 0.2) is 0 Å². The van der Waals surface area contributed by atoms with Gasteiger partial charge in [-0.1, -0.05) is 49.7 Å². The minimum absolute atomic E-state index is 0.916. The van der Waals surface area contributed by atoms with Crippen LogP contribution < -0.4 is 0 Å². The Bertz CT molecular complexity index is 372. The summed E-state index contributed by atoms with van der Waals surface area (Å²) in [7, 11) is 0.